The van der Waals surface area contributed by atoms with Crippen molar-refractivity contribution >= 4 is 40.1 Å². The molecule has 0 unspecified atom stereocenters. The highest BCUT2D eigenvalue weighted by molar-refractivity contribution is 7.99. The van der Waals surface area contributed by atoms with Crippen LogP contribution in [0.15, 0.2) is 119 Å². The normalized spacial score (nSPS) is 10.9. The van der Waals surface area contributed by atoms with Crippen molar-refractivity contribution in [2.45, 2.75) is 16.7 Å². The van der Waals surface area contributed by atoms with Gasteiger partial charge < -0.3 is 4.74 Å². The quantitative estimate of drug-likeness (QED) is 0.185. The molecule has 0 spiro atoms. The van der Waals surface area contributed by atoms with Crippen LogP contribution in [0, 0.1) is 0 Å². The van der Waals surface area contributed by atoms with Crippen LogP contribution in [0.4, 0.5) is 0 Å². The van der Waals surface area contributed by atoms with Crippen molar-refractivity contribution in [3.63, 3.8) is 0 Å². The van der Waals surface area contributed by atoms with E-state index in [9.17, 15) is 4.79 Å². The Bertz CT molecular complexity index is 1470. The third-order valence-electron chi connectivity index (χ3n) is 5.51. The molecule has 4 heteroatoms. The van der Waals surface area contributed by atoms with Crippen molar-refractivity contribution in [3.05, 3.63) is 114 Å². The van der Waals surface area contributed by atoms with Crippen LogP contribution in [0.3, 0.4) is 0 Å². The number of halogens is 1. The Morgan fingerprint density at radius 3 is 1.85 bits per heavy atom. The number of rotatable bonds is 5. The molecule has 5 aromatic carbocycles. The van der Waals surface area contributed by atoms with Gasteiger partial charge in [-0.3, -0.25) is 4.79 Å². The molecule has 0 heterocycles. The first-order chi connectivity index (χ1) is 16.6. The topological polar surface area (TPSA) is 26.3 Å². The largest absolute Gasteiger partial charge is 0.425 e. The Labute approximate surface area is 208 Å². The zero-order valence-corrected chi connectivity index (χ0v) is 20.1. The first-order valence-corrected chi connectivity index (χ1v) is 12.1. The van der Waals surface area contributed by atoms with Crippen molar-refractivity contribution in [1.29, 1.82) is 0 Å². The Kier molecular flexibility index (Phi) is 6.39. The van der Waals surface area contributed by atoms with Gasteiger partial charge in [0.15, 0.2) is 5.75 Å². The molecule has 0 atom stereocenters. The maximum atomic E-state index is 12.4. The lowest BCUT2D eigenvalue weighted by Crippen LogP contribution is -2.06. The van der Waals surface area contributed by atoms with E-state index in [0.29, 0.717) is 10.8 Å². The first-order valence-electron chi connectivity index (χ1n) is 10.9. The van der Waals surface area contributed by atoms with Crippen molar-refractivity contribution in [3.8, 4) is 28.0 Å². The van der Waals surface area contributed by atoms with E-state index in [1.807, 2.05) is 78.9 Å². The number of carbonyl (C=O) groups is 1. The van der Waals surface area contributed by atoms with Gasteiger partial charge in [0.2, 0.25) is 0 Å². The van der Waals surface area contributed by atoms with Gasteiger partial charge in [-0.25, -0.2) is 0 Å². The lowest BCUT2D eigenvalue weighted by atomic mass is 9.91. The van der Waals surface area contributed by atoms with Gasteiger partial charge >= 0.3 is 5.97 Å². The second-order valence-corrected chi connectivity index (χ2v) is 9.36. The molecule has 5 rings (SSSR count). The molecular weight excluding hydrogens is 460 g/mol. The highest BCUT2D eigenvalue weighted by Crippen LogP contribution is 2.52. The van der Waals surface area contributed by atoms with E-state index >= 15 is 0 Å². The van der Waals surface area contributed by atoms with Gasteiger partial charge in [0.1, 0.15) is 0 Å². The van der Waals surface area contributed by atoms with Crippen LogP contribution in [0.2, 0.25) is 5.02 Å². The Morgan fingerprint density at radius 1 is 0.706 bits per heavy atom. The van der Waals surface area contributed by atoms with Crippen LogP contribution in [-0.2, 0) is 4.79 Å². The van der Waals surface area contributed by atoms with E-state index in [0.717, 1.165) is 42.8 Å². The molecule has 0 amide bonds. The zero-order valence-electron chi connectivity index (χ0n) is 18.5. The third-order valence-corrected chi connectivity index (χ3v) is 6.85. The Balaban J connectivity index is 1.96. The minimum Gasteiger partial charge on any atom is -0.425 e. The molecule has 0 aliphatic rings. The number of benzene rings is 5. The molecule has 2 nitrogen and oxygen atoms in total. The monoisotopic (exact) mass is 480 g/mol. The summed E-state index contributed by atoms with van der Waals surface area (Å²) >= 11 is 8.09. The fourth-order valence-corrected chi connectivity index (χ4v) is 5.41. The van der Waals surface area contributed by atoms with Crippen LogP contribution in [-0.4, -0.2) is 5.97 Å². The highest BCUT2D eigenvalue weighted by atomic mass is 35.5. The second kappa shape index (κ2) is 9.76. The van der Waals surface area contributed by atoms with E-state index in [4.69, 9.17) is 16.3 Å². The van der Waals surface area contributed by atoms with Crippen molar-refractivity contribution < 1.29 is 9.53 Å². The smallest absolute Gasteiger partial charge is 0.308 e. The van der Waals surface area contributed by atoms with Crippen molar-refractivity contribution in [2.24, 2.45) is 0 Å². The molecule has 0 aliphatic heterocycles. The average molecular weight is 481 g/mol. The fraction of sp³-hybridized carbons (Fsp3) is 0.0333. The summed E-state index contributed by atoms with van der Waals surface area (Å²) < 4.78 is 6.01. The molecular formula is C30H21ClO2S. The van der Waals surface area contributed by atoms with Gasteiger partial charge in [-0.2, -0.15) is 0 Å². The molecule has 0 N–H and O–H groups in total. The van der Waals surface area contributed by atoms with E-state index < -0.39 is 0 Å². The molecule has 34 heavy (non-hydrogen) atoms. The zero-order chi connectivity index (χ0) is 23.5. The Morgan fingerprint density at radius 2 is 1.26 bits per heavy atom. The number of ether oxygens (including phenoxy) is 1. The maximum absolute atomic E-state index is 12.4. The summed E-state index contributed by atoms with van der Waals surface area (Å²) in [6, 6.07) is 36.3. The van der Waals surface area contributed by atoms with Gasteiger partial charge in [-0.15, -0.1) is 0 Å². The van der Waals surface area contributed by atoms with Crippen LogP contribution >= 0.6 is 23.4 Å². The van der Waals surface area contributed by atoms with E-state index in [1.165, 1.54) is 6.92 Å². The summed E-state index contributed by atoms with van der Waals surface area (Å²) in [5, 5.41) is 2.61. The number of hydrogen-bond acceptors (Lipinski definition) is 3. The standard InChI is InChI=1S/C30H21ClO2S/c1-20(32)33-29-27(21-11-5-2-6-12-21)26-19-23(31)17-18-25(26)28(22-13-7-3-8-14-22)30(29)34-24-15-9-4-10-16-24/h2-19H,1H3. The number of hydrogen-bond donors (Lipinski definition) is 0. The predicted molar refractivity (Wildman–Crippen MR) is 142 cm³/mol. The molecule has 0 aromatic heterocycles. The SMILES string of the molecule is CC(=O)Oc1c(Sc2ccccc2)c(-c2ccccc2)c2ccc(Cl)cc2c1-c1ccccc1. The minimum atomic E-state index is -0.368. The molecule has 0 saturated heterocycles. The number of esters is 1. The van der Waals surface area contributed by atoms with Crippen LogP contribution in [0.5, 0.6) is 5.75 Å². The number of fused-ring (bicyclic) bond motifs is 1. The highest BCUT2D eigenvalue weighted by Gasteiger charge is 2.25. The van der Waals surface area contributed by atoms with Crippen LogP contribution < -0.4 is 4.74 Å². The van der Waals surface area contributed by atoms with E-state index in [-0.39, 0.29) is 5.97 Å². The van der Waals surface area contributed by atoms with Gasteiger partial charge in [0, 0.05) is 28.0 Å². The number of carbonyl (C=O) groups excluding carboxylic acids is 1. The van der Waals surface area contributed by atoms with Gasteiger partial charge in [-0.05, 0) is 46.2 Å². The van der Waals surface area contributed by atoms with Gasteiger partial charge in [0.25, 0.3) is 0 Å². The molecule has 0 fully saturated rings. The summed E-state index contributed by atoms with van der Waals surface area (Å²) in [5.41, 5.74) is 3.87. The molecule has 0 aliphatic carbocycles. The maximum Gasteiger partial charge on any atom is 0.308 e. The summed E-state index contributed by atoms with van der Waals surface area (Å²) in [7, 11) is 0. The molecule has 5 aromatic rings. The van der Waals surface area contributed by atoms with Crippen molar-refractivity contribution in [1.82, 2.24) is 0 Å². The second-order valence-electron chi connectivity index (χ2n) is 7.84. The van der Waals surface area contributed by atoms with Gasteiger partial charge in [-0.1, -0.05) is 108 Å². The lowest BCUT2D eigenvalue weighted by Gasteiger charge is -2.22. The van der Waals surface area contributed by atoms with Crippen LogP contribution in [0.25, 0.3) is 33.0 Å². The fourth-order valence-electron chi connectivity index (χ4n) is 4.14. The first kappa shape index (κ1) is 22.3. The summed E-state index contributed by atoms with van der Waals surface area (Å²) in [4.78, 5) is 14.3. The predicted octanol–water partition coefficient (Wildman–Crippen LogP) is 8.90. The van der Waals surface area contributed by atoms with E-state index in [2.05, 4.69) is 30.3 Å². The molecule has 0 saturated carbocycles. The summed E-state index contributed by atoms with van der Waals surface area (Å²) in [5.74, 6) is 0.175. The summed E-state index contributed by atoms with van der Waals surface area (Å²) in [6.07, 6.45) is 0. The Hall–Kier alpha value is -3.53. The van der Waals surface area contributed by atoms with Crippen molar-refractivity contribution in [2.75, 3.05) is 0 Å². The molecule has 0 radical (unpaired) electrons. The van der Waals surface area contributed by atoms with Crippen LogP contribution in [0.1, 0.15) is 6.92 Å². The van der Waals surface area contributed by atoms with Gasteiger partial charge in [0.05, 0.1) is 4.90 Å². The minimum absolute atomic E-state index is 0.368. The lowest BCUT2D eigenvalue weighted by molar-refractivity contribution is -0.132. The summed E-state index contributed by atoms with van der Waals surface area (Å²) in [6.45, 7) is 1.44. The molecule has 166 valence electrons. The van der Waals surface area contributed by atoms with E-state index in [1.54, 1.807) is 11.8 Å². The average Bonchev–Trinajstić information content (AvgIpc) is 2.86. The molecule has 0 bridgehead atoms. The third kappa shape index (κ3) is 4.45.